The number of hydrogen-bond donors (Lipinski definition) is 0. The van der Waals surface area contributed by atoms with Gasteiger partial charge in [-0.3, -0.25) is 4.79 Å². The van der Waals surface area contributed by atoms with E-state index < -0.39 is 0 Å². The molecule has 0 bridgehead atoms. The van der Waals surface area contributed by atoms with E-state index in [2.05, 4.69) is 13.5 Å². The highest BCUT2D eigenvalue weighted by molar-refractivity contribution is 5.87. The smallest absolute Gasteiger partial charge is 0.333 e. The van der Waals surface area contributed by atoms with Gasteiger partial charge in [-0.05, 0) is 38.3 Å². The Labute approximate surface area is 143 Å². The molecule has 4 heteroatoms. The van der Waals surface area contributed by atoms with Gasteiger partial charge in [-0.25, -0.2) is 4.79 Å². The number of esters is 2. The van der Waals surface area contributed by atoms with Crippen LogP contribution in [0.1, 0.15) is 40.5 Å². The summed E-state index contributed by atoms with van der Waals surface area (Å²) in [5.41, 5.74) is 1.27. The van der Waals surface area contributed by atoms with Crippen molar-refractivity contribution in [2.45, 2.75) is 52.7 Å². The van der Waals surface area contributed by atoms with Crippen LogP contribution < -0.4 is 0 Å². The second-order valence-corrected chi connectivity index (χ2v) is 7.61. The van der Waals surface area contributed by atoms with Crippen molar-refractivity contribution in [2.75, 3.05) is 0 Å². The number of carbonyl (C=O) groups is 2. The van der Waals surface area contributed by atoms with Crippen LogP contribution >= 0.6 is 0 Å². The molecule has 1 saturated carbocycles. The summed E-state index contributed by atoms with van der Waals surface area (Å²) in [5, 5.41) is 0. The van der Waals surface area contributed by atoms with Crippen LogP contribution in [-0.2, 0) is 19.1 Å². The third-order valence-electron chi connectivity index (χ3n) is 6.27. The fourth-order valence-corrected chi connectivity index (χ4v) is 4.51. The molecule has 130 valence electrons. The van der Waals surface area contributed by atoms with Crippen molar-refractivity contribution in [3.63, 3.8) is 0 Å². The largest absolute Gasteiger partial charge is 0.461 e. The van der Waals surface area contributed by atoms with Crippen LogP contribution in [0.25, 0.3) is 0 Å². The van der Waals surface area contributed by atoms with E-state index in [0.717, 1.165) is 18.4 Å². The number of fused-ring (bicyclic) bond motifs is 3. The van der Waals surface area contributed by atoms with Gasteiger partial charge in [-0.15, -0.1) is 0 Å². The molecule has 3 rings (SSSR count). The average molecular weight is 330 g/mol. The summed E-state index contributed by atoms with van der Waals surface area (Å²) in [6.45, 7) is 11.8. The highest BCUT2D eigenvalue weighted by Crippen LogP contribution is 2.56. The molecule has 0 N–H and O–H groups in total. The van der Waals surface area contributed by atoms with Crippen molar-refractivity contribution in [3.05, 3.63) is 36.0 Å². The van der Waals surface area contributed by atoms with E-state index in [1.807, 2.05) is 26.0 Å². The minimum atomic E-state index is -0.328. The normalized spacial score (nSPS) is 41.5. The summed E-state index contributed by atoms with van der Waals surface area (Å²) in [6.07, 6.45) is 6.91. The molecule has 3 aliphatic rings. The maximum atomic E-state index is 12.2. The molecule has 0 aromatic heterocycles. The van der Waals surface area contributed by atoms with Crippen molar-refractivity contribution in [1.29, 1.82) is 0 Å². The second-order valence-electron chi connectivity index (χ2n) is 7.61. The number of rotatable bonds is 2. The maximum Gasteiger partial charge on any atom is 0.333 e. The first kappa shape index (κ1) is 17.0. The quantitative estimate of drug-likeness (QED) is 0.573. The molecule has 0 amide bonds. The molecule has 1 aliphatic heterocycles. The number of carbonyl (C=O) groups excluding carboxylic acids is 2. The lowest BCUT2D eigenvalue weighted by Crippen LogP contribution is -2.53. The molecule has 0 aromatic rings. The predicted octanol–water partition coefficient (Wildman–Crippen LogP) is 3.58. The zero-order valence-corrected chi connectivity index (χ0v) is 14.9. The Morgan fingerprint density at radius 2 is 2.21 bits per heavy atom. The van der Waals surface area contributed by atoms with E-state index in [1.165, 1.54) is 0 Å². The number of ether oxygens (including phenoxy) is 2. The fraction of sp³-hybridized carbons (Fsp3) is 0.600. The molecule has 0 unspecified atom stereocenters. The lowest BCUT2D eigenvalue weighted by Gasteiger charge is -2.51. The molecule has 0 spiro atoms. The Hall–Kier alpha value is -1.84. The first-order valence-corrected chi connectivity index (χ1v) is 8.71. The van der Waals surface area contributed by atoms with Crippen LogP contribution in [0, 0.1) is 23.2 Å². The van der Waals surface area contributed by atoms with Gasteiger partial charge in [0, 0.05) is 22.8 Å². The van der Waals surface area contributed by atoms with Crippen molar-refractivity contribution < 1.29 is 19.1 Å². The molecule has 1 saturated heterocycles. The average Bonchev–Trinajstić information content (AvgIpc) is 2.83. The molecule has 0 aromatic carbocycles. The van der Waals surface area contributed by atoms with Gasteiger partial charge in [0.2, 0.25) is 0 Å². The molecule has 4 nitrogen and oxygen atoms in total. The summed E-state index contributed by atoms with van der Waals surface area (Å²) < 4.78 is 11.5. The van der Waals surface area contributed by atoms with Gasteiger partial charge in [0.15, 0.2) is 0 Å². The topological polar surface area (TPSA) is 52.6 Å². The fourth-order valence-electron chi connectivity index (χ4n) is 4.51. The number of allylic oxidation sites excluding steroid dienone is 2. The van der Waals surface area contributed by atoms with Crippen molar-refractivity contribution in [1.82, 2.24) is 0 Å². The van der Waals surface area contributed by atoms with Gasteiger partial charge in [0.25, 0.3) is 0 Å². The molecular formula is C20H26O4. The van der Waals surface area contributed by atoms with Gasteiger partial charge in [-0.2, -0.15) is 0 Å². The minimum Gasteiger partial charge on any atom is -0.461 e. The third kappa shape index (κ3) is 2.43. The highest BCUT2D eigenvalue weighted by Gasteiger charge is 2.59. The summed E-state index contributed by atoms with van der Waals surface area (Å²) in [7, 11) is 0. The zero-order valence-electron chi connectivity index (χ0n) is 14.9. The minimum absolute atomic E-state index is 0.00105. The van der Waals surface area contributed by atoms with E-state index in [4.69, 9.17) is 9.47 Å². The Kier molecular flexibility index (Phi) is 4.18. The van der Waals surface area contributed by atoms with E-state index in [1.54, 1.807) is 13.0 Å². The maximum absolute atomic E-state index is 12.2. The summed E-state index contributed by atoms with van der Waals surface area (Å²) in [6, 6.07) is 0. The lowest BCUT2D eigenvalue weighted by atomic mass is 9.55. The molecule has 6 atom stereocenters. The van der Waals surface area contributed by atoms with Crippen molar-refractivity contribution in [2.24, 2.45) is 23.2 Å². The lowest BCUT2D eigenvalue weighted by molar-refractivity contribution is -0.160. The zero-order chi connectivity index (χ0) is 17.6. The Balaban J connectivity index is 1.91. The highest BCUT2D eigenvalue weighted by atomic mass is 16.6. The molecule has 0 radical (unpaired) electrons. The van der Waals surface area contributed by atoms with E-state index >= 15 is 0 Å². The van der Waals surface area contributed by atoms with Crippen LogP contribution in [0.5, 0.6) is 0 Å². The van der Waals surface area contributed by atoms with Gasteiger partial charge in [0.05, 0.1) is 5.92 Å². The van der Waals surface area contributed by atoms with Crippen LogP contribution in [0.15, 0.2) is 36.0 Å². The third-order valence-corrected chi connectivity index (χ3v) is 6.27. The first-order chi connectivity index (χ1) is 11.3. The first-order valence-electron chi connectivity index (χ1n) is 8.71. The van der Waals surface area contributed by atoms with Crippen molar-refractivity contribution >= 4 is 11.9 Å². The van der Waals surface area contributed by atoms with Gasteiger partial charge in [0.1, 0.15) is 12.2 Å². The van der Waals surface area contributed by atoms with Gasteiger partial charge < -0.3 is 9.47 Å². The SMILES string of the molecule is C=C1C=C[C@@H](OC(=O)/C(C)=C/C)[C@@]2(C)CC[C@@H]3[C@@H](OC(=O)[C@@H]3C)[C@H]12. The standard InChI is InChI=1S/C20H26O4/c1-6-11(2)18(21)23-15-8-7-12(3)16-17-14(9-10-20(15,16)5)13(4)19(22)24-17/h6-8,13-17H,3,9-10H2,1-2,4-5H3/b11-6+/t13-,14+,15-,16+,17-,20-/m1/s1. The summed E-state index contributed by atoms with van der Waals surface area (Å²) >= 11 is 0. The van der Waals surface area contributed by atoms with Crippen LogP contribution in [-0.4, -0.2) is 24.1 Å². The van der Waals surface area contributed by atoms with Crippen LogP contribution in [0.3, 0.4) is 0 Å². The summed E-state index contributed by atoms with van der Waals surface area (Å²) in [4.78, 5) is 24.3. The second kappa shape index (κ2) is 5.91. The Bertz CT molecular complexity index is 644. The Morgan fingerprint density at radius 3 is 2.88 bits per heavy atom. The van der Waals surface area contributed by atoms with E-state index in [-0.39, 0.29) is 47.3 Å². The molecule has 2 fully saturated rings. The molecular weight excluding hydrogens is 304 g/mol. The van der Waals surface area contributed by atoms with E-state index in [0.29, 0.717) is 5.57 Å². The van der Waals surface area contributed by atoms with E-state index in [9.17, 15) is 9.59 Å². The predicted molar refractivity (Wildman–Crippen MR) is 91.0 cm³/mol. The van der Waals surface area contributed by atoms with Crippen molar-refractivity contribution in [3.8, 4) is 0 Å². The molecule has 1 heterocycles. The number of hydrogen-bond acceptors (Lipinski definition) is 4. The monoisotopic (exact) mass is 330 g/mol. The summed E-state index contributed by atoms with van der Waals surface area (Å²) in [5.74, 6) is -0.246. The van der Waals surface area contributed by atoms with Gasteiger partial charge in [-0.1, -0.05) is 32.6 Å². The van der Waals surface area contributed by atoms with Crippen LogP contribution in [0.2, 0.25) is 0 Å². The van der Waals surface area contributed by atoms with Gasteiger partial charge >= 0.3 is 11.9 Å². The Morgan fingerprint density at radius 1 is 1.50 bits per heavy atom. The molecule has 2 aliphatic carbocycles. The van der Waals surface area contributed by atoms with Crippen LogP contribution in [0.4, 0.5) is 0 Å². The molecule has 24 heavy (non-hydrogen) atoms.